The van der Waals surface area contributed by atoms with Crippen LogP contribution in [0.4, 0.5) is 4.39 Å². The van der Waals surface area contributed by atoms with Crippen LogP contribution in [0.1, 0.15) is 57.6 Å². The zero-order valence-electron chi connectivity index (χ0n) is 11.6. The standard InChI is InChI=1S/C16H21FO2/c1-15(2)6-3-7-16(10-15)9-13(18)12-5-4-11(17)8-14(12)19-16/h4-5,8,13,18H,3,6-7,9-10H2,1-2H3/t13-,16?/m1/s1. The van der Waals surface area contributed by atoms with E-state index in [4.69, 9.17) is 4.74 Å². The van der Waals surface area contributed by atoms with E-state index in [2.05, 4.69) is 13.8 Å². The largest absolute Gasteiger partial charge is 0.487 e. The molecule has 3 rings (SSSR count). The maximum Gasteiger partial charge on any atom is 0.128 e. The third-order valence-electron chi connectivity index (χ3n) is 4.51. The second-order valence-corrected chi connectivity index (χ2v) is 6.88. The van der Waals surface area contributed by atoms with Crippen molar-refractivity contribution in [3.05, 3.63) is 29.6 Å². The van der Waals surface area contributed by atoms with Crippen LogP contribution >= 0.6 is 0 Å². The third-order valence-corrected chi connectivity index (χ3v) is 4.51. The van der Waals surface area contributed by atoms with Crippen LogP contribution in [0, 0.1) is 11.2 Å². The number of hydrogen-bond acceptors (Lipinski definition) is 2. The second kappa shape index (κ2) is 4.20. The maximum atomic E-state index is 13.4. The number of fused-ring (bicyclic) bond motifs is 1. The van der Waals surface area contributed by atoms with E-state index >= 15 is 0 Å². The molecule has 3 heteroatoms. The van der Waals surface area contributed by atoms with Crippen molar-refractivity contribution in [1.29, 1.82) is 0 Å². The lowest BCUT2D eigenvalue weighted by Crippen LogP contribution is -2.47. The highest BCUT2D eigenvalue weighted by Gasteiger charge is 2.46. The number of benzene rings is 1. The molecule has 1 aromatic carbocycles. The summed E-state index contributed by atoms with van der Waals surface area (Å²) in [5.74, 6) is 0.217. The molecule has 2 nitrogen and oxygen atoms in total. The van der Waals surface area contributed by atoms with Crippen LogP contribution in [0.5, 0.6) is 5.75 Å². The van der Waals surface area contributed by atoms with Crippen molar-refractivity contribution in [3.8, 4) is 5.75 Å². The normalized spacial score (nSPS) is 32.7. The molecule has 1 saturated carbocycles. The van der Waals surface area contributed by atoms with Crippen molar-refractivity contribution >= 4 is 0 Å². The molecule has 19 heavy (non-hydrogen) atoms. The van der Waals surface area contributed by atoms with Crippen molar-refractivity contribution in [1.82, 2.24) is 0 Å². The minimum atomic E-state index is -0.543. The van der Waals surface area contributed by atoms with Gasteiger partial charge in [-0.25, -0.2) is 4.39 Å². The van der Waals surface area contributed by atoms with E-state index in [1.54, 1.807) is 6.07 Å². The average molecular weight is 264 g/mol. The summed E-state index contributed by atoms with van der Waals surface area (Å²) in [6.45, 7) is 4.48. The number of ether oxygens (including phenoxy) is 1. The van der Waals surface area contributed by atoms with Crippen LogP contribution in [0.25, 0.3) is 0 Å². The number of halogens is 1. The Kier molecular flexibility index (Phi) is 2.86. The molecule has 2 atom stereocenters. The maximum absolute atomic E-state index is 13.4. The molecule has 1 aromatic rings. The quantitative estimate of drug-likeness (QED) is 0.768. The Morgan fingerprint density at radius 2 is 2.11 bits per heavy atom. The van der Waals surface area contributed by atoms with Crippen molar-refractivity contribution in [2.24, 2.45) is 5.41 Å². The molecule has 0 bridgehead atoms. The van der Waals surface area contributed by atoms with E-state index in [1.807, 2.05) is 0 Å². The van der Waals surface area contributed by atoms with Gasteiger partial charge in [0.25, 0.3) is 0 Å². The molecule has 0 amide bonds. The van der Waals surface area contributed by atoms with Crippen LogP contribution < -0.4 is 4.74 Å². The lowest BCUT2D eigenvalue weighted by atomic mass is 9.67. The van der Waals surface area contributed by atoms with Crippen molar-refractivity contribution in [2.75, 3.05) is 0 Å². The fourth-order valence-corrected chi connectivity index (χ4v) is 3.81. The Bertz CT molecular complexity index is 498. The fraction of sp³-hybridized carbons (Fsp3) is 0.625. The first-order valence-corrected chi connectivity index (χ1v) is 7.06. The lowest BCUT2D eigenvalue weighted by Gasteiger charge is -2.48. The van der Waals surface area contributed by atoms with Crippen molar-refractivity contribution in [2.45, 2.75) is 57.7 Å². The molecule has 104 valence electrons. The number of rotatable bonds is 0. The summed E-state index contributed by atoms with van der Waals surface area (Å²) >= 11 is 0. The van der Waals surface area contributed by atoms with Crippen LogP contribution in [-0.2, 0) is 0 Å². The molecule has 1 aliphatic carbocycles. The van der Waals surface area contributed by atoms with E-state index in [-0.39, 0.29) is 16.8 Å². The van der Waals surface area contributed by atoms with E-state index in [9.17, 15) is 9.50 Å². The summed E-state index contributed by atoms with van der Waals surface area (Å²) in [4.78, 5) is 0. The monoisotopic (exact) mass is 264 g/mol. The van der Waals surface area contributed by atoms with Gasteiger partial charge in [-0.15, -0.1) is 0 Å². The Balaban J connectivity index is 1.95. The van der Waals surface area contributed by atoms with Crippen LogP contribution in [0.2, 0.25) is 0 Å². The summed E-state index contributed by atoms with van der Waals surface area (Å²) in [6.07, 6.45) is 4.23. The van der Waals surface area contributed by atoms with E-state index < -0.39 is 6.10 Å². The van der Waals surface area contributed by atoms with Crippen molar-refractivity contribution < 1.29 is 14.2 Å². The van der Waals surface area contributed by atoms with Gasteiger partial charge in [0.05, 0.1) is 6.10 Å². The van der Waals surface area contributed by atoms with Gasteiger partial charge in [0.2, 0.25) is 0 Å². The summed E-state index contributed by atoms with van der Waals surface area (Å²) in [5.41, 5.74) is 0.625. The van der Waals surface area contributed by atoms with Gasteiger partial charge in [0.15, 0.2) is 0 Å². The highest BCUT2D eigenvalue weighted by Crippen LogP contribution is 2.50. The number of aliphatic hydroxyl groups is 1. The molecular formula is C16H21FO2. The first kappa shape index (κ1) is 12.9. The molecule has 1 heterocycles. The number of hydrogen-bond donors (Lipinski definition) is 1. The minimum absolute atomic E-state index is 0.225. The smallest absolute Gasteiger partial charge is 0.128 e. The molecule has 1 aliphatic heterocycles. The van der Waals surface area contributed by atoms with E-state index in [0.717, 1.165) is 24.8 Å². The Morgan fingerprint density at radius 1 is 1.32 bits per heavy atom. The Labute approximate surface area is 113 Å². The van der Waals surface area contributed by atoms with Gasteiger partial charge in [-0.2, -0.15) is 0 Å². The molecule has 0 aromatic heterocycles. The van der Waals surface area contributed by atoms with Gasteiger partial charge in [-0.1, -0.05) is 13.8 Å². The highest BCUT2D eigenvalue weighted by molar-refractivity contribution is 5.38. The van der Waals surface area contributed by atoms with Gasteiger partial charge in [0.1, 0.15) is 17.2 Å². The zero-order chi connectivity index (χ0) is 13.7. The van der Waals surface area contributed by atoms with E-state index in [0.29, 0.717) is 12.2 Å². The second-order valence-electron chi connectivity index (χ2n) is 6.88. The lowest BCUT2D eigenvalue weighted by molar-refractivity contribution is -0.0678. The summed E-state index contributed by atoms with van der Waals surface area (Å²) < 4.78 is 19.5. The predicted octanol–water partition coefficient (Wildman–Crippen LogP) is 3.98. The van der Waals surface area contributed by atoms with Gasteiger partial charge in [0, 0.05) is 18.1 Å². The van der Waals surface area contributed by atoms with Gasteiger partial charge in [-0.3, -0.25) is 0 Å². The van der Waals surface area contributed by atoms with Gasteiger partial charge < -0.3 is 9.84 Å². The zero-order valence-corrected chi connectivity index (χ0v) is 11.6. The molecule has 1 N–H and O–H groups in total. The van der Waals surface area contributed by atoms with Gasteiger partial charge >= 0.3 is 0 Å². The van der Waals surface area contributed by atoms with Crippen molar-refractivity contribution in [3.63, 3.8) is 0 Å². The minimum Gasteiger partial charge on any atom is -0.487 e. The molecule has 2 aliphatic rings. The third kappa shape index (κ3) is 2.36. The molecule has 1 spiro atoms. The number of aliphatic hydroxyl groups excluding tert-OH is 1. The molecule has 1 unspecified atom stereocenters. The predicted molar refractivity (Wildman–Crippen MR) is 71.6 cm³/mol. The Hall–Kier alpha value is -1.09. The SMILES string of the molecule is CC1(C)CCCC2(C[C@@H](O)c3ccc(F)cc3O2)C1. The first-order valence-electron chi connectivity index (χ1n) is 7.06. The Morgan fingerprint density at radius 3 is 2.84 bits per heavy atom. The molecule has 0 saturated heterocycles. The summed E-state index contributed by atoms with van der Waals surface area (Å²) in [6, 6.07) is 4.42. The van der Waals surface area contributed by atoms with E-state index in [1.165, 1.54) is 18.6 Å². The summed E-state index contributed by atoms with van der Waals surface area (Å²) in [7, 11) is 0. The van der Waals surface area contributed by atoms with Gasteiger partial charge in [-0.05, 0) is 43.2 Å². The van der Waals surface area contributed by atoms with Crippen LogP contribution in [0.3, 0.4) is 0 Å². The fourth-order valence-electron chi connectivity index (χ4n) is 3.81. The topological polar surface area (TPSA) is 29.5 Å². The van der Waals surface area contributed by atoms with Crippen LogP contribution in [-0.4, -0.2) is 10.7 Å². The first-order chi connectivity index (χ1) is 8.89. The molecule has 1 fully saturated rings. The molecule has 0 radical (unpaired) electrons. The average Bonchev–Trinajstić information content (AvgIpc) is 2.25. The molecular weight excluding hydrogens is 243 g/mol. The highest BCUT2D eigenvalue weighted by atomic mass is 19.1. The summed E-state index contributed by atoms with van der Waals surface area (Å²) in [5, 5.41) is 10.3. The van der Waals surface area contributed by atoms with Crippen LogP contribution in [0.15, 0.2) is 18.2 Å².